The van der Waals surface area contributed by atoms with Gasteiger partial charge in [0.25, 0.3) is 0 Å². The van der Waals surface area contributed by atoms with Crippen molar-refractivity contribution in [2.75, 3.05) is 13.6 Å². The van der Waals surface area contributed by atoms with E-state index in [2.05, 4.69) is 51.1 Å². The van der Waals surface area contributed by atoms with Crippen LogP contribution in [-0.4, -0.2) is 29.3 Å². The Morgan fingerprint density at radius 2 is 1.70 bits per heavy atom. The fourth-order valence-corrected chi connectivity index (χ4v) is 3.34. The van der Waals surface area contributed by atoms with Gasteiger partial charge in [0.15, 0.2) is 5.96 Å². The zero-order valence-electron chi connectivity index (χ0n) is 15.6. The molecule has 3 aromatic rings. The highest BCUT2D eigenvalue weighted by Crippen LogP contribution is 2.47. The van der Waals surface area contributed by atoms with Gasteiger partial charge in [-0.05, 0) is 36.6 Å². The Bertz CT molecular complexity index is 895. The molecule has 0 unspecified atom stereocenters. The van der Waals surface area contributed by atoms with E-state index in [1.165, 1.54) is 18.4 Å². The van der Waals surface area contributed by atoms with E-state index >= 15 is 0 Å². The van der Waals surface area contributed by atoms with Crippen molar-refractivity contribution in [1.82, 2.24) is 20.4 Å². The van der Waals surface area contributed by atoms with Crippen LogP contribution in [0.1, 0.15) is 24.1 Å². The molecule has 1 aliphatic rings. The first-order valence-corrected chi connectivity index (χ1v) is 9.39. The molecule has 0 radical (unpaired) electrons. The Morgan fingerprint density at radius 1 is 1.00 bits per heavy atom. The van der Waals surface area contributed by atoms with Crippen molar-refractivity contribution >= 4 is 5.96 Å². The fourth-order valence-electron chi connectivity index (χ4n) is 3.34. The fraction of sp³-hybridized carbons (Fsp3) is 0.273. The summed E-state index contributed by atoms with van der Waals surface area (Å²) in [5.74, 6) is 0.812. The number of nitrogens with zero attached hydrogens (tertiary/aromatic N) is 3. The van der Waals surface area contributed by atoms with Crippen molar-refractivity contribution in [3.05, 3.63) is 84.2 Å². The van der Waals surface area contributed by atoms with Crippen LogP contribution < -0.4 is 10.6 Å². The van der Waals surface area contributed by atoms with Gasteiger partial charge >= 0.3 is 0 Å². The van der Waals surface area contributed by atoms with E-state index in [-0.39, 0.29) is 5.41 Å². The minimum Gasteiger partial charge on any atom is -0.356 e. The molecule has 1 fully saturated rings. The van der Waals surface area contributed by atoms with E-state index in [1.54, 1.807) is 7.05 Å². The molecule has 1 aromatic heterocycles. The van der Waals surface area contributed by atoms with Gasteiger partial charge in [-0.3, -0.25) is 4.99 Å². The first-order chi connectivity index (χ1) is 13.3. The monoisotopic (exact) mass is 359 g/mol. The Kier molecular flexibility index (Phi) is 4.92. The van der Waals surface area contributed by atoms with Crippen molar-refractivity contribution in [1.29, 1.82) is 0 Å². The second-order valence-electron chi connectivity index (χ2n) is 7.01. The third-order valence-corrected chi connectivity index (χ3v) is 5.16. The lowest BCUT2D eigenvalue weighted by molar-refractivity contribution is 0.644. The van der Waals surface area contributed by atoms with Crippen LogP contribution in [0.4, 0.5) is 0 Å². The van der Waals surface area contributed by atoms with Crippen molar-refractivity contribution < 1.29 is 0 Å². The standard InChI is InChI=1S/C22H25N5/c1-23-21(25-17-22(13-14-22)18-8-4-2-5-9-18)24-16-19-12-15-27(26-19)20-10-6-3-7-11-20/h2-12,15H,13-14,16-17H2,1H3,(H2,23,24,25). The number of guanidine groups is 1. The molecule has 0 bridgehead atoms. The lowest BCUT2D eigenvalue weighted by Crippen LogP contribution is -2.41. The average molecular weight is 359 g/mol. The predicted octanol–water partition coefficient (Wildman–Crippen LogP) is 3.27. The topological polar surface area (TPSA) is 54.2 Å². The molecule has 0 amide bonds. The Balaban J connectivity index is 1.32. The molecular formula is C22H25N5. The molecule has 5 heteroatoms. The number of benzene rings is 2. The number of hydrogen-bond donors (Lipinski definition) is 2. The van der Waals surface area contributed by atoms with Crippen molar-refractivity contribution in [2.24, 2.45) is 4.99 Å². The van der Waals surface area contributed by atoms with Crippen LogP contribution in [0.5, 0.6) is 0 Å². The molecule has 4 rings (SSSR count). The molecule has 2 N–H and O–H groups in total. The summed E-state index contributed by atoms with van der Waals surface area (Å²) in [4.78, 5) is 4.35. The highest BCUT2D eigenvalue weighted by atomic mass is 15.3. The molecule has 1 saturated carbocycles. The Morgan fingerprint density at radius 3 is 2.37 bits per heavy atom. The van der Waals surface area contributed by atoms with Crippen LogP contribution in [0, 0.1) is 0 Å². The minimum absolute atomic E-state index is 0.258. The third-order valence-electron chi connectivity index (χ3n) is 5.16. The van der Waals surface area contributed by atoms with Crippen molar-refractivity contribution in [3.8, 4) is 5.69 Å². The molecule has 138 valence electrons. The highest BCUT2D eigenvalue weighted by Gasteiger charge is 2.43. The van der Waals surface area contributed by atoms with Gasteiger partial charge in [-0.1, -0.05) is 48.5 Å². The van der Waals surface area contributed by atoms with E-state index in [0.717, 1.165) is 23.9 Å². The van der Waals surface area contributed by atoms with Crippen LogP contribution in [-0.2, 0) is 12.0 Å². The van der Waals surface area contributed by atoms with Gasteiger partial charge < -0.3 is 10.6 Å². The van der Waals surface area contributed by atoms with Crippen LogP contribution in [0.15, 0.2) is 77.9 Å². The van der Waals surface area contributed by atoms with E-state index in [4.69, 9.17) is 0 Å². The smallest absolute Gasteiger partial charge is 0.191 e. The third kappa shape index (κ3) is 4.03. The first-order valence-electron chi connectivity index (χ1n) is 9.39. The summed E-state index contributed by atoms with van der Waals surface area (Å²) < 4.78 is 1.89. The number of nitrogens with one attached hydrogen (secondary N) is 2. The first kappa shape index (κ1) is 17.3. The minimum atomic E-state index is 0.258. The molecule has 2 aromatic carbocycles. The zero-order chi connectivity index (χ0) is 18.5. The van der Waals surface area contributed by atoms with E-state index in [0.29, 0.717) is 6.54 Å². The lowest BCUT2D eigenvalue weighted by Gasteiger charge is -2.18. The molecule has 0 spiro atoms. The Labute approximate surface area is 160 Å². The van der Waals surface area contributed by atoms with Gasteiger partial charge in [0.05, 0.1) is 17.9 Å². The van der Waals surface area contributed by atoms with Gasteiger partial charge in [0, 0.05) is 25.2 Å². The van der Waals surface area contributed by atoms with E-state index in [9.17, 15) is 0 Å². The second kappa shape index (κ2) is 7.66. The summed E-state index contributed by atoms with van der Waals surface area (Å²) in [6, 6.07) is 22.9. The summed E-state index contributed by atoms with van der Waals surface area (Å²) >= 11 is 0. The van der Waals surface area contributed by atoms with Crippen LogP contribution in [0.3, 0.4) is 0 Å². The van der Waals surface area contributed by atoms with Gasteiger partial charge in [0.1, 0.15) is 0 Å². The number of aliphatic imine (C=N–C) groups is 1. The van der Waals surface area contributed by atoms with Crippen molar-refractivity contribution in [3.63, 3.8) is 0 Å². The van der Waals surface area contributed by atoms with Gasteiger partial charge in [-0.25, -0.2) is 4.68 Å². The summed E-state index contributed by atoms with van der Waals surface area (Å²) in [7, 11) is 1.81. The van der Waals surface area contributed by atoms with Crippen LogP contribution in [0.2, 0.25) is 0 Å². The SMILES string of the molecule is CN=C(NCc1ccn(-c2ccccc2)n1)NCC1(c2ccccc2)CC1. The molecule has 1 aliphatic carbocycles. The summed E-state index contributed by atoms with van der Waals surface area (Å²) in [6.07, 6.45) is 4.43. The van der Waals surface area contributed by atoms with Gasteiger partial charge in [-0.15, -0.1) is 0 Å². The molecule has 27 heavy (non-hydrogen) atoms. The zero-order valence-corrected chi connectivity index (χ0v) is 15.6. The Hall–Kier alpha value is -3.08. The maximum absolute atomic E-state index is 4.63. The highest BCUT2D eigenvalue weighted by molar-refractivity contribution is 5.79. The molecule has 0 saturated heterocycles. The second-order valence-corrected chi connectivity index (χ2v) is 7.01. The quantitative estimate of drug-likeness (QED) is 0.525. The number of rotatable bonds is 6. The maximum Gasteiger partial charge on any atom is 0.191 e. The number of hydrogen-bond acceptors (Lipinski definition) is 2. The molecular weight excluding hydrogens is 334 g/mol. The average Bonchev–Trinajstić information content (AvgIpc) is 3.38. The molecule has 0 aliphatic heterocycles. The lowest BCUT2D eigenvalue weighted by atomic mass is 9.96. The van der Waals surface area contributed by atoms with Crippen LogP contribution >= 0.6 is 0 Å². The molecule has 5 nitrogen and oxygen atoms in total. The molecule has 0 atom stereocenters. The molecule has 1 heterocycles. The van der Waals surface area contributed by atoms with Gasteiger partial charge in [-0.2, -0.15) is 5.10 Å². The largest absolute Gasteiger partial charge is 0.356 e. The van der Waals surface area contributed by atoms with Crippen LogP contribution in [0.25, 0.3) is 5.69 Å². The predicted molar refractivity (Wildman–Crippen MR) is 109 cm³/mol. The van der Waals surface area contributed by atoms with E-state index in [1.807, 2.05) is 47.3 Å². The van der Waals surface area contributed by atoms with Gasteiger partial charge in [0.2, 0.25) is 0 Å². The summed E-state index contributed by atoms with van der Waals surface area (Å²) in [5.41, 5.74) is 3.71. The number of para-hydroxylation sites is 1. The summed E-state index contributed by atoms with van der Waals surface area (Å²) in [5, 5.41) is 11.5. The number of aromatic nitrogens is 2. The normalized spacial score (nSPS) is 15.4. The van der Waals surface area contributed by atoms with E-state index < -0.39 is 0 Å². The van der Waals surface area contributed by atoms with Crippen molar-refractivity contribution in [2.45, 2.75) is 24.8 Å². The summed E-state index contributed by atoms with van der Waals surface area (Å²) in [6.45, 7) is 1.53. The maximum atomic E-state index is 4.63.